The maximum absolute atomic E-state index is 11.0. The first-order valence-electron chi connectivity index (χ1n) is 4.73. The highest BCUT2D eigenvalue weighted by atomic mass is 79.9. The van der Waals surface area contributed by atoms with Gasteiger partial charge in [0.05, 0.1) is 7.11 Å². The molecular formula is C11H11BrO3. The highest BCUT2D eigenvalue weighted by Gasteiger charge is 2.27. The van der Waals surface area contributed by atoms with Gasteiger partial charge >= 0.3 is 5.97 Å². The first kappa shape index (κ1) is 10.5. The molecule has 0 aliphatic carbocycles. The Morgan fingerprint density at radius 3 is 2.93 bits per heavy atom. The lowest BCUT2D eigenvalue weighted by molar-refractivity contribution is -0.141. The van der Waals surface area contributed by atoms with Gasteiger partial charge in [-0.25, -0.2) is 0 Å². The van der Waals surface area contributed by atoms with Crippen LogP contribution >= 0.6 is 15.9 Å². The summed E-state index contributed by atoms with van der Waals surface area (Å²) >= 11 is 3.39. The van der Waals surface area contributed by atoms with Crippen molar-refractivity contribution in [2.75, 3.05) is 7.11 Å². The van der Waals surface area contributed by atoms with E-state index in [1.54, 1.807) is 7.11 Å². The lowest BCUT2D eigenvalue weighted by atomic mass is 10.1. The number of rotatable bonds is 2. The van der Waals surface area contributed by atoms with Crippen molar-refractivity contribution >= 4 is 21.9 Å². The minimum absolute atomic E-state index is 0.137. The number of hydrogen-bond acceptors (Lipinski definition) is 3. The maximum atomic E-state index is 11.0. The summed E-state index contributed by atoms with van der Waals surface area (Å²) in [6.45, 7) is 0. The molecule has 1 aliphatic heterocycles. The molecule has 0 saturated carbocycles. The molecule has 0 bridgehead atoms. The predicted octanol–water partition coefficient (Wildman–Crippen LogP) is 2.84. The largest absolute Gasteiger partial charge is 0.496 e. The third kappa shape index (κ3) is 2.15. The Morgan fingerprint density at radius 2 is 2.33 bits per heavy atom. The first-order chi connectivity index (χ1) is 7.20. The summed E-state index contributed by atoms with van der Waals surface area (Å²) in [6, 6.07) is 5.70. The van der Waals surface area contributed by atoms with Crippen LogP contribution in [-0.4, -0.2) is 13.1 Å². The van der Waals surface area contributed by atoms with Crippen molar-refractivity contribution in [2.24, 2.45) is 0 Å². The molecule has 3 nitrogen and oxygen atoms in total. The highest BCUT2D eigenvalue weighted by molar-refractivity contribution is 9.10. The van der Waals surface area contributed by atoms with Crippen LogP contribution in [0.15, 0.2) is 22.7 Å². The Balaban J connectivity index is 2.33. The van der Waals surface area contributed by atoms with Gasteiger partial charge in [0.15, 0.2) is 0 Å². The quantitative estimate of drug-likeness (QED) is 0.776. The molecule has 1 saturated heterocycles. The van der Waals surface area contributed by atoms with E-state index in [2.05, 4.69) is 15.9 Å². The van der Waals surface area contributed by atoms with Crippen LogP contribution in [0.2, 0.25) is 0 Å². The number of ether oxygens (including phenoxy) is 2. The number of cyclic esters (lactones) is 1. The van der Waals surface area contributed by atoms with Gasteiger partial charge in [-0.15, -0.1) is 0 Å². The molecule has 1 fully saturated rings. The lowest BCUT2D eigenvalue weighted by Crippen LogP contribution is -2.01. The summed E-state index contributed by atoms with van der Waals surface area (Å²) in [6.07, 6.45) is 1.05. The third-order valence-corrected chi connectivity index (χ3v) is 2.92. The van der Waals surface area contributed by atoms with Crippen LogP contribution in [-0.2, 0) is 9.53 Å². The zero-order valence-corrected chi connectivity index (χ0v) is 9.91. The molecule has 4 heteroatoms. The number of methoxy groups -OCH3 is 1. The van der Waals surface area contributed by atoms with E-state index in [1.165, 1.54) is 0 Å². The van der Waals surface area contributed by atoms with Crippen molar-refractivity contribution in [3.8, 4) is 5.75 Å². The van der Waals surface area contributed by atoms with Crippen molar-refractivity contribution < 1.29 is 14.3 Å². The van der Waals surface area contributed by atoms with Crippen LogP contribution in [0.5, 0.6) is 5.75 Å². The Morgan fingerprint density at radius 1 is 1.53 bits per heavy atom. The minimum Gasteiger partial charge on any atom is -0.496 e. The van der Waals surface area contributed by atoms with E-state index < -0.39 is 0 Å². The molecule has 1 aromatic carbocycles. The molecule has 15 heavy (non-hydrogen) atoms. The molecule has 0 N–H and O–H groups in total. The average Bonchev–Trinajstić information content (AvgIpc) is 2.65. The third-order valence-electron chi connectivity index (χ3n) is 2.42. The van der Waals surface area contributed by atoms with Gasteiger partial charge in [0.25, 0.3) is 0 Å². The van der Waals surface area contributed by atoms with Crippen LogP contribution in [0.1, 0.15) is 24.5 Å². The van der Waals surface area contributed by atoms with Crippen LogP contribution in [0.25, 0.3) is 0 Å². The topological polar surface area (TPSA) is 35.5 Å². The molecule has 1 heterocycles. The van der Waals surface area contributed by atoms with E-state index in [1.807, 2.05) is 18.2 Å². The zero-order valence-electron chi connectivity index (χ0n) is 8.33. The monoisotopic (exact) mass is 270 g/mol. The average molecular weight is 271 g/mol. The Kier molecular flexibility index (Phi) is 2.95. The van der Waals surface area contributed by atoms with E-state index in [4.69, 9.17) is 9.47 Å². The van der Waals surface area contributed by atoms with E-state index in [-0.39, 0.29) is 12.1 Å². The van der Waals surface area contributed by atoms with Crippen LogP contribution in [0, 0.1) is 0 Å². The molecule has 0 aromatic heterocycles. The van der Waals surface area contributed by atoms with Gasteiger partial charge in [-0.05, 0) is 24.6 Å². The van der Waals surface area contributed by atoms with Crippen molar-refractivity contribution in [3.05, 3.63) is 28.2 Å². The summed E-state index contributed by atoms with van der Waals surface area (Å²) < 4.78 is 11.4. The molecule has 2 rings (SSSR count). The van der Waals surface area contributed by atoms with Gasteiger partial charge in [0.1, 0.15) is 11.9 Å². The number of carbonyl (C=O) groups is 1. The second-order valence-corrected chi connectivity index (χ2v) is 4.32. The summed E-state index contributed by atoms with van der Waals surface area (Å²) in [5, 5.41) is 0. The van der Waals surface area contributed by atoms with E-state index in [0.717, 1.165) is 22.2 Å². The van der Waals surface area contributed by atoms with Gasteiger partial charge in [-0.3, -0.25) is 4.79 Å². The van der Waals surface area contributed by atoms with Gasteiger partial charge < -0.3 is 9.47 Å². The predicted molar refractivity (Wildman–Crippen MR) is 58.8 cm³/mol. The lowest BCUT2D eigenvalue weighted by Gasteiger charge is -2.14. The molecule has 1 atom stereocenters. The van der Waals surface area contributed by atoms with Crippen molar-refractivity contribution in [2.45, 2.75) is 18.9 Å². The fourth-order valence-corrected chi connectivity index (χ4v) is 2.08. The van der Waals surface area contributed by atoms with E-state index >= 15 is 0 Å². The number of hydrogen-bond donors (Lipinski definition) is 0. The smallest absolute Gasteiger partial charge is 0.306 e. The Labute approximate surface area is 96.5 Å². The second-order valence-electron chi connectivity index (χ2n) is 3.40. The fraction of sp³-hybridized carbons (Fsp3) is 0.364. The standard InChI is InChI=1S/C11H11BrO3/c1-14-9-3-2-7(12)6-8(9)10-4-5-11(13)15-10/h2-3,6,10H,4-5H2,1H3. The summed E-state index contributed by atoms with van der Waals surface area (Å²) in [7, 11) is 1.61. The highest BCUT2D eigenvalue weighted by Crippen LogP contribution is 2.36. The molecule has 0 radical (unpaired) electrons. The summed E-state index contributed by atoms with van der Waals surface area (Å²) in [5.41, 5.74) is 0.928. The van der Waals surface area contributed by atoms with E-state index in [9.17, 15) is 4.79 Å². The van der Waals surface area contributed by atoms with E-state index in [0.29, 0.717) is 6.42 Å². The molecular weight excluding hydrogens is 260 g/mol. The van der Waals surface area contributed by atoms with Crippen LogP contribution < -0.4 is 4.74 Å². The number of halogens is 1. The normalized spacial score (nSPS) is 20.1. The van der Waals surface area contributed by atoms with Gasteiger partial charge in [0, 0.05) is 16.5 Å². The molecule has 1 aromatic rings. The molecule has 0 amide bonds. The molecule has 1 aliphatic rings. The second kappa shape index (κ2) is 4.23. The summed E-state index contributed by atoms with van der Waals surface area (Å²) in [5.74, 6) is 0.625. The molecule has 0 spiro atoms. The van der Waals surface area contributed by atoms with Gasteiger partial charge in [-0.1, -0.05) is 15.9 Å². The molecule has 80 valence electrons. The van der Waals surface area contributed by atoms with Crippen LogP contribution in [0.3, 0.4) is 0 Å². The van der Waals surface area contributed by atoms with Crippen LogP contribution in [0.4, 0.5) is 0 Å². The van der Waals surface area contributed by atoms with Gasteiger partial charge in [0.2, 0.25) is 0 Å². The van der Waals surface area contributed by atoms with Crippen molar-refractivity contribution in [1.82, 2.24) is 0 Å². The fourth-order valence-electron chi connectivity index (χ4n) is 1.70. The Hall–Kier alpha value is -1.03. The minimum atomic E-state index is -0.162. The SMILES string of the molecule is COc1ccc(Br)cc1C1CCC(=O)O1. The molecule has 1 unspecified atom stereocenters. The number of carbonyl (C=O) groups excluding carboxylic acids is 1. The van der Waals surface area contributed by atoms with Gasteiger partial charge in [-0.2, -0.15) is 0 Å². The van der Waals surface area contributed by atoms with Crippen molar-refractivity contribution in [3.63, 3.8) is 0 Å². The number of benzene rings is 1. The Bertz CT molecular complexity index is 389. The zero-order chi connectivity index (χ0) is 10.8. The first-order valence-corrected chi connectivity index (χ1v) is 5.53. The van der Waals surface area contributed by atoms with Crippen molar-refractivity contribution in [1.29, 1.82) is 0 Å². The number of esters is 1. The maximum Gasteiger partial charge on any atom is 0.306 e. The summed E-state index contributed by atoms with van der Waals surface area (Å²) in [4.78, 5) is 11.0.